The van der Waals surface area contributed by atoms with E-state index < -0.39 is 0 Å². The van der Waals surface area contributed by atoms with Crippen molar-refractivity contribution in [3.8, 4) is 0 Å². The van der Waals surface area contributed by atoms with Crippen LogP contribution in [0.2, 0.25) is 5.02 Å². The average molecular weight is 241 g/mol. The Kier molecular flexibility index (Phi) is 5.26. The van der Waals surface area contributed by atoms with Crippen molar-refractivity contribution in [3.63, 3.8) is 0 Å². The Morgan fingerprint density at radius 2 is 1.94 bits per heavy atom. The fourth-order valence-electron chi connectivity index (χ4n) is 1.65. The summed E-state index contributed by atoms with van der Waals surface area (Å²) in [5.41, 5.74) is 6.93. The number of hydrogen-bond donors (Lipinski definition) is 1. The van der Waals surface area contributed by atoms with E-state index in [-0.39, 0.29) is 6.04 Å². The highest BCUT2D eigenvalue weighted by atomic mass is 35.5. The van der Waals surface area contributed by atoms with Crippen LogP contribution in [0.3, 0.4) is 0 Å². The summed E-state index contributed by atoms with van der Waals surface area (Å²) in [7, 11) is 2.11. The Bertz CT molecular complexity index is 325. The summed E-state index contributed by atoms with van der Waals surface area (Å²) in [6, 6.07) is 8.58. The highest BCUT2D eigenvalue weighted by molar-refractivity contribution is 6.31. The first kappa shape index (κ1) is 13.5. The lowest BCUT2D eigenvalue weighted by atomic mass is 10.1. The number of nitrogens with two attached hydrogens (primary N) is 1. The van der Waals surface area contributed by atoms with Crippen molar-refractivity contribution in [1.29, 1.82) is 0 Å². The molecule has 2 atom stereocenters. The Labute approximate surface area is 103 Å². The molecule has 1 aromatic carbocycles. The first-order valence-electron chi connectivity index (χ1n) is 5.72. The third kappa shape index (κ3) is 3.78. The molecule has 0 aromatic heterocycles. The zero-order chi connectivity index (χ0) is 12.1. The van der Waals surface area contributed by atoms with Crippen molar-refractivity contribution in [3.05, 3.63) is 34.9 Å². The maximum absolute atomic E-state index is 6.17. The molecule has 0 amide bonds. The second-order valence-electron chi connectivity index (χ2n) is 4.44. The van der Waals surface area contributed by atoms with E-state index in [2.05, 4.69) is 24.9 Å². The standard InChI is InChI=1S/C13H21ClN2/c1-10(15)8-9-16(3)11(2)12-6-4-5-7-13(12)14/h4-7,10-11H,8-9,15H2,1-3H3. The lowest BCUT2D eigenvalue weighted by Crippen LogP contribution is -2.28. The molecule has 2 nitrogen and oxygen atoms in total. The van der Waals surface area contributed by atoms with E-state index in [0.29, 0.717) is 6.04 Å². The van der Waals surface area contributed by atoms with Crippen LogP contribution in [0, 0.1) is 0 Å². The molecule has 3 heteroatoms. The van der Waals surface area contributed by atoms with Crippen molar-refractivity contribution in [2.45, 2.75) is 32.4 Å². The van der Waals surface area contributed by atoms with Crippen LogP contribution in [0.5, 0.6) is 0 Å². The maximum Gasteiger partial charge on any atom is 0.0453 e. The van der Waals surface area contributed by atoms with E-state index >= 15 is 0 Å². The van der Waals surface area contributed by atoms with Crippen LogP contribution in [0.4, 0.5) is 0 Å². The molecule has 0 aliphatic carbocycles. The largest absolute Gasteiger partial charge is 0.328 e. The quantitative estimate of drug-likeness (QED) is 0.857. The summed E-state index contributed by atoms with van der Waals surface area (Å²) in [5.74, 6) is 0. The minimum Gasteiger partial charge on any atom is -0.328 e. The summed E-state index contributed by atoms with van der Waals surface area (Å²) in [4.78, 5) is 2.28. The summed E-state index contributed by atoms with van der Waals surface area (Å²) in [6.07, 6.45) is 1.01. The minimum atomic E-state index is 0.251. The predicted octanol–water partition coefficient (Wildman–Crippen LogP) is 3.07. The van der Waals surface area contributed by atoms with Crippen LogP contribution in [-0.2, 0) is 0 Å². The highest BCUT2D eigenvalue weighted by Crippen LogP contribution is 2.26. The second kappa shape index (κ2) is 6.24. The molecular weight excluding hydrogens is 220 g/mol. The molecule has 0 aliphatic heterocycles. The van der Waals surface area contributed by atoms with Gasteiger partial charge in [0.2, 0.25) is 0 Å². The highest BCUT2D eigenvalue weighted by Gasteiger charge is 2.14. The van der Waals surface area contributed by atoms with Gasteiger partial charge in [0, 0.05) is 17.1 Å². The van der Waals surface area contributed by atoms with Crippen LogP contribution >= 0.6 is 11.6 Å². The number of rotatable bonds is 5. The van der Waals surface area contributed by atoms with Gasteiger partial charge in [-0.2, -0.15) is 0 Å². The van der Waals surface area contributed by atoms with Crippen molar-refractivity contribution in [2.75, 3.05) is 13.6 Å². The number of benzene rings is 1. The van der Waals surface area contributed by atoms with Gasteiger partial charge in [-0.05, 0) is 45.5 Å². The van der Waals surface area contributed by atoms with Gasteiger partial charge >= 0.3 is 0 Å². The average Bonchev–Trinajstić information content (AvgIpc) is 2.25. The van der Waals surface area contributed by atoms with Gasteiger partial charge in [-0.15, -0.1) is 0 Å². The molecule has 1 rings (SSSR count). The molecule has 0 spiro atoms. The third-order valence-corrected chi connectivity index (χ3v) is 3.30. The Balaban J connectivity index is 2.63. The molecular formula is C13H21ClN2. The van der Waals surface area contributed by atoms with Crippen molar-refractivity contribution in [2.24, 2.45) is 5.73 Å². The normalized spacial score (nSPS) is 15.1. The molecule has 0 aliphatic rings. The molecule has 0 bridgehead atoms. The van der Waals surface area contributed by atoms with Crippen LogP contribution in [0.1, 0.15) is 31.9 Å². The van der Waals surface area contributed by atoms with Crippen LogP contribution in [0.25, 0.3) is 0 Å². The Morgan fingerprint density at radius 3 is 2.50 bits per heavy atom. The van der Waals surface area contributed by atoms with E-state index in [1.54, 1.807) is 0 Å². The van der Waals surface area contributed by atoms with Gasteiger partial charge in [-0.3, -0.25) is 4.90 Å². The maximum atomic E-state index is 6.17. The zero-order valence-electron chi connectivity index (χ0n) is 10.3. The van der Waals surface area contributed by atoms with Crippen LogP contribution in [-0.4, -0.2) is 24.5 Å². The summed E-state index contributed by atoms with van der Waals surface area (Å²) >= 11 is 6.17. The van der Waals surface area contributed by atoms with E-state index in [1.807, 2.05) is 25.1 Å². The molecule has 0 heterocycles. The predicted molar refractivity (Wildman–Crippen MR) is 70.8 cm³/mol. The van der Waals surface area contributed by atoms with Crippen molar-refractivity contribution in [1.82, 2.24) is 4.90 Å². The van der Waals surface area contributed by atoms with E-state index in [9.17, 15) is 0 Å². The lowest BCUT2D eigenvalue weighted by Gasteiger charge is -2.26. The lowest BCUT2D eigenvalue weighted by molar-refractivity contribution is 0.253. The molecule has 16 heavy (non-hydrogen) atoms. The molecule has 2 N–H and O–H groups in total. The second-order valence-corrected chi connectivity index (χ2v) is 4.85. The molecule has 2 unspecified atom stereocenters. The van der Waals surface area contributed by atoms with E-state index in [1.165, 1.54) is 5.56 Å². The summed E-state index contributed by atoms with van der Waals surface area (Å²) < 4.78 is 0. The molecule has 1 aromatic rings. The first-order valence-corrected chi connectivity index (χ1v) is 6.10. The smallest absolute Gasteiger partial charge is 0.0453 e. The molecule has 90 valence electrons. The van der Waals surface area contributed by atoms with Gasteiger partial charge in [0.1, 0.15) is 0 Å². The van der Waals surface area contributed by atoms with Gasteiger partial charge in [-0.1, -0.05) is 29.8 Å². The fraction of sp³-hybridized carbons (Fsp3) is 0.538. The topological polar surface area (TPSA) is 29.3 Å². The van der Waals surface area contributed by atoms with Gasteiger partial charge in [0.15, 0.2) is 0 Å². The number of hydrogen-bond acceptors (Lipinski definition) is 2. The summed E-state index contributed by atoms with van der Waals surface area (Å²) in [5, 5.41) is 0.836. The van der Waals surface area contributed by atoms with E-state index in [4.69, 9.17) is 17.3 Å². The van der Waals surface area contributed by atoms with Crippen LogP contribution in [0.15, 0.2) is 24.3 Å². The molecule has 0 saturated heterocycles. The number of halogens is 1. The van der Waals surface area contributed by atoms with Gasteiger partial charge in [0.05, 0.1) is 0 Å². The van der Waals surface area contributed by atoms with E-state index in [0.717, 1.165) is 18.0 Å². The van der Waals surface area contributed by atoms with Crippen molar-refractivity contribution >= 4 is 11.6 Å². The zero-order valence-corrected chi connectivity index (χ0v) is 11.0. The summed E-state index contributed by atoms with van der Waals surface area (Å²) in [6.45, 7) is 5.19. The number of nitrogens with zero attached hydrogens (tertiary/aromatic N) is 1. The Hall–Kier alpha value is -0.570. The third-order valence-electron chi connectivity index (χ3n) is 2.95. The molecule has 0 saturated carbocycles. The van der Waals surface area contributed by atoms with Crippen molar-refractivity contribution < 1.29 is 0 Å². The first-order chi connectivity index (χ1) is 7.52. The van der Waals surface area contributed by atoms with Crippen LogP contribution < -0.4 is 5.73 Å². The fourth-order valence-corrected chi connectivity index (χ4v) is 1.95. The van der Waals surface area contributed by atoms with Gasteiger partial charge in [-0.25, -0.2) is 0 Å². The monoisotopic (exact) mass is 240 g/mol. The molecule has 0 fully saturated rings. The molecule has 0 radical (unpaired) electrons. The Morgan fingerprint density at radius 1 is 1.31 bits per heavy atom. The SMILES string of the molecule is CC(N)CCN(C)C(C)c1ccccc1Cl. The van der Waals surface area contributed by atoms with Gasteiger partial charge in [0.25, 0.3) is 0 Å². The van der Waals surface area contributed by atoms with Gasteiger partial charge < -0.3 is 5.73 Å². The minimum absolute atomic E-state index is 0.251.